The molecule has 0 atom stereocenters. The van der Waals surface area contributed by atoms with Gasteiger partial charge in [-0.2, -0.15) is 0 Å². The number of unbranched alkanes of at least 4 members (excludes halogenated alkanes) is 1. The highest BCUT2D eigenvalue weighted by atomic mass is 16.2. The van der Waals surface area contributed by atoms with Gasteiger partial charge < -0.3 is 10.2 Å². The quantitative estimate of drug-likeness (QED) is 0.197. The summed E-state index contributed by atoms with van der Waals surface area (Å²) >= 11 is 0. The Morgan fingerprint density at radius 3 is 2.42 bits per heavy atom. The van der Waals surface area contributed by atoms with E-state index in [4.69, 9.17) is 0 Å². The summed E-state index contributed by atoms with van der Waals surface area (Å²) in [6.45, 7) is 2.89. The van der Waals surface area contributed by atoms with Gasteiger partial charge in [-0.15, -0.1) is 0 Å². The summed E-state index contributed by atoms with van der Waals surface area (Å²) in [7, 11) is 0. The third kappa shape index (κ3) is 6.18. The summed E-state index contributed by atoms with van der Waals surface area (Å²) in [4.78, 5) is 48.3. The smallest absolute Gasteiger partial charge is 0.251 e. The van der Waals surface area contributed by atoms with E-state index in [-0.39, 0.29) is 24.7 Å². The highest BCUT2D eigenvalue weighted by molar-refractivity contribution is 6.10. The van der Waals surface area contributed by atoms with Crippen LogP contribution >= 0.6 is 0 Å². The highest BCUT2D eigenvalue weighted by Gasteiger charge is 2.22. The van der Waals surface area contributed by atoms with Crippen LogP contribution in [0.2, 0.25) is 0 Å². The van der Waals surface area contributed by atoms with Crippen LogP contribution in [0.15, 0.2) is 85.2 Å². The van der Waals surface area contributed by atoms with Gasteiger partial charge in [0.05, 0.1) is 13.0 Å². The van der Waals surface area contributed by atoms with E-state index in [1.165, 1.54) is 17.3 Å². The number of benzene rings is 3. The number of Topliss-reactive ketones (excluding diaryl/α,β-unsaturated/α-hetero) is 1. The maximum Gasteiger partial charge on any atom is 0.251 e. The van der Waals surface area contributed by atoms with E-state index in [0.717, 1.165) is 29.2 Å². The third-order valence-electron chi connectivity index (χ3n) is 5.82. The number of aromatic nitrogens is 2. The fourth-order valence-electron chi connectivity index (χ4n) is 3.89. The number of anilines is 1. The fourth-order valence-corrected chi connectivity index (χ4v) is 3.89. The standard InChI is InChI=1S/C29H28N4O3/c1-2-3-14-32-29(36)24-10-6-11-25(18-24)33(27(35)19-26(34)28-30-15-7-16-31-28)20-21-12-13-22-8-4-5-9-23(22)17-21/h4-13,15-18H,2-3,14,19-20H2,1H3,(H,32,36). The first-order valence-corrected chi connectivity index (χ1v) is 12.0. The predicted molar refractivity (Wildman–Crippen MR) is 140 cm³/mol. The number of rotatable bonds is 10. The summed E-state index contributed by atoms with van der Waals surface area (Å²) in [5.74, 6) is -1.06. The van der Waals surface area contributed by atoms with Gasteiger partial charge in [0.1, 0.15) is 0 Å². The van der Waals surface area contributed by atoms with Crippen LogP contribution in [-0.4, -0.2) is 34.1 Å². The average Bonchev–Trinajstić information content (AvgIpc) is 2.92. The van der Waals surface area contributed by atoms with E-state index < -0.39 is 11.7 Å². The Balaban J connectivity index is 1.63. The monoisotopic (exact) mass is 480 g/mol. The zero-order chi connectivity index (χ0) is 25.3. The van der Waals surface area contributed by atoms with Crippen molar-refractivity contribution in [3.63, 3.8) is 0 Å². The summed E-state index contributed by atoms with van der Waals surface area (Å²) in [5, 5.41) is 5.06. The average molecular weight is 481 g/mol. The van der Waals surface area contributed by atoms with Crippen LogP contribution in [0.3, 0.4) is 0 Å². The van der Waals surface area contributed by atoms with E-state index in [1.54, 1.807) is 30.3 Å². The number of hydrogen-bond acceptors (Lipinski definition) is 5. The molecule has 7 heteroatoms. The summed E-state index contributed by atoms with van der Waals surface area (Å²) in [5.41, 5.74) is 1.90. The molecule has 0 bridgehead atoms. The Morgan fingerprint density at radius 1 is 0.861 bits per heavy atom. The van der Waals surface area contributed by atoms with Gasteiger partial charge in [-0.25, -0.2) is 9.97 Å². The fraction of sp³-hybridized carbons (Fsp3) is 0.207. The van der Waals surface area contributed by atoms with Crippen LogP contribution in [0.1, 0.15) is 52.7 Å². The number of amides is 2. The van der Waals surface area contributed by atoms with Gasteiger partial charge in [-0.1, -0.05) is 55.8 Å². The lowest BCUT2D eigenvalue weighted by molar-refractivity contribution is -0.117. The Bertz CT molecular complexity index is 1370. The molecule has 0 aliphatic carbocycles. The molecule has 1 aromatic heterocycles. The number of fused-ring (bicyclic) bond motifs is 1. The maximum absolute atomic E-state index is 13.4. The second-order valence-corrected chi connectivity index (χ2v) is 8.49. The Morgan fingerprint density at radius 2 is 1.64 bits per heavy atom. The molecular weight excluding hydrogens is 452 g/mol. The molecule has 1 N–H and O–H groups in total. The Kier molecular flexibility index (Phi) is 8.13. The molecule has 0 spiro atoms. The van der Waals surface area contributed by atoms with E-state index in [1.807, 2.05) is 42.5 Å². The first-order chi connectivity index (χ1) is 17.5. The van der Waals surface area contributed by atoms with E-state index >= 15 is 0 Å². The normalized spacial score (nSPS) is 10.7. The minimum absolute atomic E-state index is 0.000516. The van der Waals surface area contributed by atoms with Crippen molar-refractivity contribution in [3.8, 4) is 0 Å². The number of ketones is 1. The molecule has 4 aromatic rings. The number of hydrogen-bond donors (Lipinski definition) is 1. The molecule has 36 heavy (non-hydrogen) atoms. The van der Waals surface area contributed by atoms with Gasteiger partial charge in [0.15, 0.2) is 5.82 Å². The van der Waals surface area contributed by atoms with Gasteiger partial charge in [-0.05, 0) is 53.1 Å². The van der Waals surface area contributed by atoms with Crippen molar-refractivity contribution in [1.82, 2.24) is 15.3 Å². The van der Waals surface area contributed by atoms with Crippen molar-refractivity contribution < 1.29 is 14.4 Å². The summed E-state index contributed by atoms with van der Waals surface area (Å²) in [6.07, 6.45) is 4.43. The molecule has 2 amide bonds. The lowest BCUT2D eigenvalue weighted by atomic mass is 10.1. The molecule has 1 heterocycles. The molecule has 0 saturated carbocycles. The van der Waals surface area contributed by atoms with Crippen molar-refractivity contribution in [2.24, 2.45) is 0 Å². The topological polar surface area (TPSA) is 92.3 Å². The molecule has 0 saturated heterocycles. The largest absolute Gasteiger partial charge is 0.352 e. The van der Waals surface area contributed by atoms with Crippen LogP contribution in [0, 0.1) is 0 Å². The Labute approximate surface area is 210 Å². The zero-order valence-electron chi connectivity index (χ0n) is 20.2. The van der Waals surface area contributed by atoms with Crippen LogP contribution in [0.4, 0.5) is 5.69 Å². The molecule has 0 fully saturated rings. The third-order valence-corrected chi connectivity index (χ3v) is 5.82. The zero-order valence-corrected chi connectivity index (χ0v) is 20.2. The molecule has 0 aliphatic heterocycles. The van der Waals surface area contributed by atoms with Crippen LogP contribution < -0.4 is 10.2 Å². The van der Waals surface area contributed by atoms with Gasteiger partial charge in [0.2, 0.25) is 11.7 Å². The number of nitrogens with one attached hydrogen (secondary N) is 1. The first kappa shape index (κ1) is 24.7. The number of nitrogens with zero attached hydrogens (tertiary/aromatic N) is 3. The maximum atomic E-state index is 13.4. The summed E-state index contributed by atoms with van der Waals surface area (Å²) in [6, 6.07) is 22.5. The minimum Gasteiger partial charge on any atom is -0.352 e. The molecule has 4 rings (SSSR count). The van der Waals surface area contributed by atoms with Gasteiger partial charge in [-0.3, -0.25) is 14.4 Å². The van der Waals surface area contributed by atoms with Crippen LogP contribution in [0.5, 0.6) is 0 Å². The molecular formula is C29H28N4O3. The highest BCUT2D eigenvalue weighted by Crippen LogP contribution is 2.23. The molecule has 3 aromatic carbocycles. The van der Waals surface area contributed by atoms with Crippen molar-refractivity contribution >= 4 is 34.1 Å². The minimum atomic E-state index is -0.461. The van der Waals surface area contributed by atoms with Crippen molar-refractivity contribution in [2.45, 2.75) is 32.7 Å². The molecule has 182 valence electrons. The van der Waals surface area contributed by atoms with Crippen LogP contribution in [0.25, 0.3) is 10.8 Å². The number of carbonyl (C=O) groups excluding carboxylic acids is 3. The van der Waals surface area contributed by atoms with Crippen LogP contribution in [-0.2, 0) is 11.3 Å². The molecule has 0 aliphatic rings. The van der Waals surface area contributed by atoms with Gasteiger partial charge in [0.25, 0.3) is 5.91 Å². The van der Waals surface area contributed by atoms with Crippen molar-refractivity contribution in [1.29, 1.82) is 0 Å². The summed E-state index contributed by atoms with van der Waals surface area (Å²) < 4.78 is 0. The molecule has 0 unspecified atom stereocenters. The SMILES string of the molecule is CCCCNC(=O)c1cccc(N(Cc2ccc3ccccc3c2)C(=O)CC(=O)c2ncccn2)c1. The predicted octanol–water partition coefficient (Wildman–Crippen LogP) is 4.97. The number of carbonyl (C=O) groups is 3. The second kappa shape index (κ2) is 11.8. The lowest BCUT2D eigenvalue weighted by Crippen LogP contribution is -2.33. The van der Waals surface area contributed by atoms with E-state index in [9.17, 15) is 14.4 Å². The Hall–Kier alpha value is -4.39. The van der Waals surface area contributed by atoms with E-state index in [0.29, 0.717) is 17.8 Å². The van der Waals surface area contributed by atoms with Gasteiger partial charge >= 0.3 is 0 Å². The van der Waals surface area contributed by atoms with Gasteiger partial charge in [0, 0.05) is 30.2 Å². The van der Waals surface area contributed by atoms with Crippen molar-refractivity contribution in [3.05, 3.63) is 102 Å². The first-order valence-electron chi connectivity index (χ1n) is 12.0. The second-order valence-electron chi connectivity index (χ2n) is 8.49. The lowest BCUT2D eigenvalue weighted by Gasteiger charge is -2.23. The van der Waals surface area contributed by atoms with Crippen molar-refractivity contribution in [2.75, 3.05) is 11.4 Å². The molecule has 0 radical (unpaired) electrons. The van der Waals surface area contributed by atoms with E-state index in [2.05, 4.69) is 22.2 Å². The molecule has 7 nitrogen and oxygen atoms in total.